The molecule has 1 saturated heterocycles. The minimum Gasteiger partial charge on any atom is -0.378 e. The van der Waals surface area contributed by atoms with Gasteiger partial charge in [-0.1, -0.05) is 24.3 Å². The number of aromatic nitrogens is 2. The van der Waals surface area contributed by atoms with Crippen molar-refractivity contribution in [2.75, 3.05) is 26.3 Å². The monoisotopic (exact) mass is 365 g/mol. The number of rotatable bonds is 3. The summed E-state index contributed by atoms with van der Waals surface area (Å²) in [4.78, 5) is 14.9. The van der Waals surface area contributed by atoms with E-state index in [1.807, 2.05) is 31.2 Å². The average Bonchev–Trinajstić information content (AvgIpc) is 3.13. The molecule has 0 spiro atoms. The molecule has 0 unspecified atom stereocenters. The van der Waals surface area contributed by atoms with Crippen LogP contribution in [0.5, 0.6) is 0 Å². The second-order valence-electron chi connectivity index (χ2n) is 6.55. The Morgan fingerprint density at radius 2 is 1.85 bits per heavy atom. The summed E-state index contributed by atoms with van der Waals surface area (Å²) < 4.78 is 21.2. The molecule has 4 rings (SSSR count). The lowest BCUT2D eigenvalue weighted by Gasteiger charge is -2.26. The quantitative estimate of drug-likeness (QED) is 0.714. The van der Waals surface area contributed by atoms with Crippen molar-refractivity contribution in [3.8, 4) is 16.9 Å². The summed E-state index contributed by atoms with van der Waals surface area (Å²) in [5.74, 6) is -0.494. The van der Waals surface area contributed by atoms with Crippen LogP contribution in [0, 0.1) is 12.7 Å². The van der Waals surface area contributed by atoms with Gasteiger partial charge in [0.2, 0.25) is 0 Å². The van der Waals surface area contributed by atoms with Crippen LogP contribution in [-0.4, -0.2) is 46.9 Å². The number of ether oxygens (including phenoxy) is 1. The van der Waals surface area contributed by atoms with Gasteiger partial charge in [0.1, 0.15) is 11.5 Å². The van der Waals surface area contributed by atoms with E-state index in [1.165, 1.54) is 6.07 Å². The molecule has 0 aliphatic carbocycles. The zero-order valence-corrected chi connectivity index (χ0v) is 15.1. The maximum absolute atomic E-state index is 14.3. The summed E-state index contributed by atoms with van der Waals surface area (Å²) in [6.07, 6.45) is 0. The lowest BCUT2D eigenvalue weighted by Crippen LogP contribution is -2.41. The smallest absolute Gasteiger partial charge is 0.272 e. The van der Waals surface area contributed by atoms with E-state index in [-0.39, 0.29) is 11.7 Å². The van der Waals surface area contributed by atoms with Crippen LogP contribution in [0.15, 0.2) is 54.6 Å². The molecule has 138 valence electrons. The number of aryl methyl sites for hydroxylation is 1. The Bertz CT molecular complexity index is 977. The molecule has 1 fully saturated rings. The van der Waals surface area contributed by atoms with E-state index < -0.39 is 0 Å². The molecular weight excluding hydrogens is 345 g/mol. The zero-order chi connectivity index (χ0) is 18.8. The van der Waals surface area contributed by atoms with Gasteiger partial charge in [-0.2, -0.15) is 5.10 Å². The van der Waals surface area contributed by atoms with Gasteiger partial charge in [0.05, 0.1) is 24.6 Å². The molecule has 0 radical (unpaired) electrons. The highest BCUT2D eigenvalue weighted by atomic mass is 19.1. The summed E-state index contributed by atoms with van der Waals surface area (Å²) in [5, 5.41) is 4.57. The maximum Gasteiger partial charge on any atom is 0.272 e. The third kappa shape index (κ3) is 3.48. The van der Waals surface area contributed by atoms with Gasteiger partial charge in [-0.15, -0.1) is 0 Å². The van der Waals surface area contributed by atoms with Crippen molar-refractivity contribution in [3.63, 3.8) is 0 Å². The molecule has 1 aromatic heterocycles. The SMILES string of the molecule is Cc1cccc(-n2nc(-c3ccccc3F)cc2C(=O)N2CCOCC2)c1. The standard InChI is InChI=1S/C21H20FN3O2/c1-15-5-4-6-16(13-15)25-20(21(26)24-9-11-27-12-10-24)14-19(23-25)17-7-2-3-8-18(17)22/h2-8,13-14H,9-12H2,1H3. The molecule has 27 heavy (non-hydrogen) atoms. The Morgan fingerprint density at radius 1 is 1.07 bits per heavy atom. The molecule has 6 heteroatoms. The third-order valence-electron chi connectivity index (χ3n) is 4.62. The fraction of sp³-hybridized carbons (Fsp3) is 0.238. The summed E-state index contributed by atoms with van der Waals surface area (Å²) in [6, 6.07) is 15.9. The van der Waals surface area contributed by atoms with E-state index in [9.17, 15) is 9.18 Å². The van der Waals surface area contributed by atoms with E-state index in [2.05, 4.69) is 5.10 Å². The van der Waals surface area contributed by atoms with Crippen molar-refractivity contribution in [2.45, 2.75) is 6.92 Å². The molecular formula is C21H20FN3O2. The Labute approximate surface area is 157 Å². The number of nitrogens with zero attached hydrogens (tertiary/aromatic N) is 3. The van der Waals surface area contributed by atoms with Gasteiger partial charge < -0.3 is 9.64 Å². The van der Waals surface area contributed by atoms with Gasteiger partial charge in [-0.25, -0.2) is 9.07 Å². The zero-order valence-electron chi connectivity index (χ0n) is 15.1. The van der Waals surface area contributed by atoms with Crippen molar-refractivity contribution in [3.05, 3.63) is 71.7 Å². The number of benzene rings is 2. The minimum absolute atomic E-state index is 0.130. The van der Waals surface area contributed by atoms with E-state index in [4.69, 9.17) is 4.74 Å². The first-order chi connectivity index (χ1) is 13.1. The van der Waals surface area contributed by atoms with E-state index in [1.54, 1.807) is 33.8 Å². The molecule has 0 bridgehead atoms. The fourth-order valence-corrected chi connectivity index (χ4v) is 3.22. The van der Waals surface area contributed by atoms with Crippen LogP contribution in [0.3, 0.4) is 0 Å². The lowest BCUT2D eigenvalue weighted by molar-refractivity contribution is 0.0297. The normalized spacial score (nSPS) is 14.4. The Kier molecular flexibility index (Phi) is 4.73. The highest BCUT2D eigenvalue weighted by Crippen LogP contribution is 2.25. The fourth-order valence-electron chi connectivity index (χ4n) is 3.22. The Balaban J connectivity index is 1.82. The topological polar surface area (TPSA) is 47.4 Å². The van der Waals surface area contributed by atoms with Crippen LogP contribution >= 0.6 is 0 Å². The van der Waals surface area contributed by atoms with Gasteiger partial charge >= 0.3 is 0 Å². The first kappa shape index (κ1) is 17.4. The number of hydrogen-bond acceptors (Lipinski definition) is 3. The van der Waals surface area contributed by atoms with Crippen molar-refractivity contribution in [1.29, 1.82) is 0 Å². The molecule has 0 saturated carbocycles. The molecule has 1 aliphatic rings. The van der Waals surface area contributed by atoms with Gasteiger partial charge in [-0.05, 0) is 42.8 Å². The predicted octanol–water partition coefficient (Wildman–Crippen LogP) is 3.46. The Hall–Kier alpha value is -2.99. The third-order valence-corrected chi connectivity index (χ3v) is 4.62. The highest BCUT2D eigenvalue weighted by Gasteiger charge is 2.25. The van der Waals surface area contributed by atoms with Crippen LogP contribution in [0.1, 0.15) is 16.1 Å². The van der Waals surface area contributed by atoms with Crippen LogP contribution in [0.4, 0.5) is 4.39 Å². The molecule has 1 amide bonds. The number of halogens is 1. The first-order valence-electron chi connectivity index (χ1n) is 8.92. The average molecular weight is 365 g/mol. The van der Waals surface area contributed by atoms with Crippen molar-refractivity contribution >= 4 is 5.91 Å². The second-order valence-corrected chi connectivity index (χ2v) is 6.55. The number of carbonyl (C=O) groups excluding carboxylic acids is 1. The van der Waals surface area contributed by atoms with Gasteiger partial charge in [0.25, 0.3) is 5.91 Å². The lowest BCUT2D eigenvalue weighted by atomic mass is 10.1. The van der Waals surface area contributed by atoms with E-state index >= 15 is 0 Å². The van der Waals surface area contributed by atoms with Gasteiger partial charge in [0, 0.05) is 18.7 Å². The number of amides is 1. The molecule has 1 aliphatic heterocycles. The van der Waals surface area contributed by atoms with Crippen LogP contribution in [0.2, 0.25) is 0 Å². The van der Waals surface area contributed by atoms with Crippen molar-refractivity contribution in [1.82, 2.24) is 14.7 Å². The van der Waals surface area contributed by atoms with Crippen molar-refractivity contribution < 1.29 is 13.9 Å². The van der Waals surface area contributed by atoms with E-state index in [0.29, 0.717) is 43.3 Å². The number of hydrogen-bond donors (Lipinski definition) is 0. The van der Waals surface area contributed by atoms with Crippen LogP contribution in [-0.2, 0) is 4.74 Å². The van der Waals surface area contributed by atoms with Crippen molar-refractivity contribution in [2.24, 2.45) is 0 Å². The summed E-state index contributed by atoms with van der Waals surface area (Å²) >= 11 is 0. The summed E-state index contributed by atoms with van der Waals surface area (Å²) in [6.45, 7) is 4.09. The van der Waals surface area contributed by atoms with Gasteiger partial charge in [-0.3, -0.25) is 4.79 Å². The van der Waals surface area contributed by atoms with Crippen LogP contribution in [0.25, 0.3) is 16.9 Å². The molecule has 2 heterocycles. The molecule has 0 N–H and O–H groups in total. The Morgan fingerprint density at radius 3 is 2.59 bits per heavy atom. The van der Waals surface area contributed by atoms with Crippen LogP contribution < -0.4 is 0 Å². The molecule has 3 aromatic rings. The molecule has 2 aromatic carbocycles. The molecule has 0 atom stereocenters. The molecule has 5 nitrogen and oxygen atoms in total. The maximum atomic E-state index is 14.3. The minimum atomic E-state index is -0.364. The summed E-state index contributed by atoms with van der Waals surface area (Å²) in [5.41, 5.74) is 3.06. The highest BCUT2D eigenvalue weighted by molar-refractivity contribution is 5.94. The number of morpholine rings is 1. The van der Waals surface area contributed by atoms with E-state index in [0.717, 1.165) is 11.3 Å². The first-order valence-corrected chi connectivity index (χ1v) is 8.92. The summed E-state index contributed by atoms with van der Waals surface area (Å²) in [7, 11) is 0. The second kappa shape index (κ2) is 7.32. The predicted molar refractivity (Wildman–Crippen MR) is 100 cm³/mol. The van der Waals surface area contributed by atoms with Gasteiger partial charge in [0.15, 0.2) is 0 Å². The number of carbonyl (C=O) groups is 1. The largest absolute Gasteiger partial charge is 0.378 e.